The number of piperazine rings is 1. The Hall–Kier alpha value is -5.70. The molecule has 1 saturated heterocycles. The summed E-state index contributed by atoms with van der Waals surface area (Å²) in [6.07, 6.45) is 7.26. The number of fused-ring (bicyclic) bond motifs is 1. The van der Waals surface area contributed by atoms with E-state index in [1.54, 1.807) is 28.6 Å². The number of aromatic nitrogens is 8. The maximum atomic E-state index is 15.1. The van der Waals surface area contributed by atoms with Gasteiger partial charge in [0.1, 0.15) is 36.2 Å². The van der Waals surface area contributed by atoms with Crippen molar-refractivity contribution in [2.75, 3.05) is 36.0 Å². The van der Waals surface area contributed by atoms with Crippen LogP contribution in [0.25, 0.3) is 16.6 Å². The Morgan fingerprint density at radius 2 is 1.50 bits per heavy atom. The number of nitrogens with zero attached hydrogens (tertiary/aromatic N) is 10. The molecule has 1 aliphatic heterocycles. The van der Waals surface area contributed by atoms with Crippen LogP contribution in [0.15, 0.2) is 95.6 Å². The van der Waals surface area contributed by atoms with Gasteiger partial charge in [-0.25, -0.2) is 37.5 Å². The highest BCUT2D eigenvalue weighted by molar-refractivity contribution is 5.81. The molecule has 7 rings (SSSR count). The van der Waals surface area contributed by atoms with E-state index in [4.69, 9.17) is 0 Å². The van der Waals surface area contributed by atoms with Crippen LogP contribution in [-0.2, 0) is 12.1 Å². The van der Waals surface area contributed by atoms with Crippen molar-refractivity contribution in [1.29, 1.82) is 0 Å². The molecule has 2 atom stereocenters. The van der Waals surface area contributed by atoms with E-state index >= 15 is 4.39 Å². The van der Waals surface area contributed by atoms with Crippen molar-refractivity contribution in [2.45, 2.75) is 57.8 Å². The van der Waals surface area contributed by atoms with Crippen molar-refractivity contribution in [3.8, 4) is 5.69 Å². The van der Waals surface area contributed by atoms with Gasteiger partial charge in [0.2, 0.25) is 0 Å². The van der Waals surface area contributed by atoms with E-state index in [-0.39, 0.29) is 23.8 Å². The van der Waals surface area contributed by atoms with Gasteiger partial charge < -0.3 is 14.9 Å². The molecule has 0 unspecified atom stereocenters. The summed E-state index contributed by atoms with van der Waals surface area (Å²) in [5.74, 6) is -1.74. The van der Waals surface area contributed by atoms with E-state index in [9.17, 15) is 19.1 Å². The molecule has 52 heavy (non-hydrogen) atoms. The van der Waals surface area contributed by atoms with Crippen molar-refractivity contribution >= 4 is 22.3 Å². The number of halogens is 2. The van der Waals surface area contributed by atoms with Crippen LogP contribution >= 0.6 is 0 Å². The zero-order valence-corrected chi connectivity index (χ0v) is 29.2. The van der Waals surface area contributed by atoms with Crippen molar-refractivity contribution in [2.24, 2.45) is 0 Å². The van der Waals surface area contributed by atoms with Crippen LogP contribution in [0.5, 0.6) is 0 Å². The van der Waals surface area contributed by atoms with Gasteiger partial charge in [0.05, 0.1) is 41.5 Å². The lowest BCUT2D eigenvalue weighted by Gasteiger charge is -2.37. The van der Waals surface area contributed by atoms with Gasteiger partial charge in [0, 0.05) is 49.2 Å². The third kappa shape index (κ3) is 6.36. The zero-order valence-electron chi connectivity index (χ0n) is 29.2. The van der Waals surface area contributed by atoms with Gasteiger partial charge in [-0.2, -0.15) is 10.2 Å². The molecule has 4 heterocycles. The van der Waals surface area contributed by atoms with E-state index in [0.29, 0.717) is 17.0 Å². The van der Waals surface area contributed by atoms with E-state index in [2.05, 4.69) is 43.8 Å². The smallest absolute Gasteiger partial charge is 0.350 e. The molecule has 0 saturated carbocycles. The quantitative estimate of drug-likeness (QED) is 0.207. The number of anilines is 2. The Kier molecular flexibility index (Phi) is 9.44. The summed E-state index contributed by atoms with van der Waals surface area (Å²) in [7, 11) is 0. The lowest BCUT2D eigenvalue weighted by atomic mass is 9.86. The van der Waals surface area contributed by atoms with Gasteiger partial charge >= 0.3 is 5.69 Å². The lowest BCUT2D eigenvalue weighted by molar-refractivity contribution is -0.0343. The third-order valence-electron chi connectivity index (χ3n) is 10.3. The molecule has 1 fully saturated rings. The van der Waals surface area contributed by atoms with E-state index in [1.165, 1.54) is 34.3 Å². The number of hydrogen-bond donors (Lipinski definition) is 1. The fourth-order valence-corrected chi connectivity index (χ4v) is 7.10. The van der Waals surface area contributed by atoms with Crippen molar-refractivity contribution in [3.05, 3.63) is 124 Å². The predicted octanol–water partition coefficient (Wildman–Crippen LogP) is 4.45. The minimum atomic E-state index is -2.02. The molecule has 0 radical (unpaired) electrons. The van der Waals surface area contributed by atoms with Crippen LogP contribution in [0, 0.1) is 11.6 Å². The molecule has 0 amide bonds. The van der Waals surface area contributed by atoms with Crippen LogP contribution in [0.2, 0.25) is 0 Å². The van der Waals surface area contributed by atoms with Gasteiger partial charge in [0.25, 0.3) is 5.56 Å². The minimum absolute atomic E-state index is 0.0782. The van der Waals surface area contributed by atoms with E-state index in [0.717, 1.165) is 62.1 Å². The van der Waals surface area contributed by atoms with Crippen LogP contribution in [-0.4, -0.2) is 69.9 Å². The number of benzene rings is 3. The summed E-state index contributed by atoms with van der Waals surface area (Å²) < 4.78 is 34.7. The first-order valence-corrected chi connectivity index (χ1v) is 17.4. The first kappa shape index (κ1) is 34.7. The molecular formula is C37H40F2N10O3. The summed E-state index contributed by atoms with van der Waals surface area (Å²) in [4.78, 5) is 39.8. The van der Waals surface area contributed by atoms with E-state index in [1.807, 2.05) is 36.4 Å². The highest BCUT2D eigenvalue weighted by Gasteiger charge is 2.41. The standard InChI is InChI=1S/C37H40F2N10O3/c1-4-27(5-2)49-36(51)48(24-43-49)29-9-7-28(8-10-29)44-14-16-45(17-15-44)30-11-12-31-34(19-30)41-23-47(35(31)50)25(3)37(52,20-46-22-40-21-42-46)32-13-6-26(38)18-33(32)39/h6-13,18-19,21-25,27,52H,4-5,14-17,20H2,1-3H3/t25-,37-/m1/s1. The molecule has 1 N–H and O–H groups in total. The van der Waals surface area contributed by atoms with E-state index < -0.39 is 28.8 Å². The Bertz CT molecular complexity index is 2290. The molecule has 0 aliphatic carbocycles. The second-order valence-electron chi connectivity index (χ2n) is 13.2. The Labute approximate surface area is 298 Å². The van der Waals surface area contributed by atoms with Crippen molar-refractivity contribution in [1.82, 2.24) is 38.7 Å². The summed E-state index contributed by atoms with van der Waals surface area (Å²) in [5, 5.41) is 20.7. The SMILES string of the molecule is CCC(CC)n1ncn(-c2ccc(N3CCN(c4ccc5c(=O)n([C@H](C)[C@](O)(Cn6cncn6)c6ccc(F)cc6F)cnc5c4)CC3)cc2)c1=O. The van der Waals surface area contributed by atoms with Gasteiger partial charge in [-0.1, -0.05) is 19.9 Å². The topological polar surface area (TPSA) is 132 Å². The van der Waals surface area contributed by atoms with Crippen LogP contribution in [0.1, 0.15) is 51.3 Å². The first-order valence-electron chi connectivity index (χ1n) is 17.4. The highest BCUT2D eigenvalue weighted by atomic mass is 19.1. The average Bonchev–Trinajstić information content (AvgIpc) is 3.81. The maximum absolute atomic E-state index is 15.1. The normalized spacial score (nSPS) is 15.4. The fraction of sp³-hybridized carbons (Fsp3) is 0.351. The molecule has 6 aromatic rings. The molecule has 270 valence electrons. The second kappa shape index (κ2) is 14.1. The van der Waals surface area contributed by atoms with Crippen LogP contribution in [0.3, 0.4) is 0 Å². The Morgan fingerprint density at radius 3 is 2.15 bits per heavy atom. The maximum Gasteiger partial charge on any atom is 0.350 e. The summed E-state index contributed by atoms with van der Waals surface area (Å²) in [6, 6.07) is 15.4. The summed E-state index contributed by atoms with van der Waals surface area (Å²) >= 11 is 0. The number of hydrogen-bond acceptors (Lipinski definition) is 9. The summed E-state index contributed by atoms with van der Waals surface area (Å²) in [6.45, 7) is 8.45. The molecule has 0 spiro atoms. The first-order chi connectivity index (χ1) is 25.1. The predicted molar refractivity (Wildman–Crippen MR) is 193 cm³/mol. The second-order valence-corrected chi connectivity index (χ2v) is 13.2. The van der Waals surface area contributed by atoms with Gasteiger partial charge in [-0.3, -0.25) is 9.36 Å². The van der Waals surface area contributed by atoms with Gasteiger partial charge in [0.15, 0.2) is 0 Å². The largest absolute Gasteiger partial charge is 0.381 e. The minimum Gasteiger partial charge on any atom is -0.381 e. The Balaban J connectivity index is 1.07. The zero-order chi connectivity index (χ0) is 36.6. The van der Waals surface area contributed by atoms with Crippen LogP contribution in [0.4, 0.5) is 20.2 Å². The molecular weight excluding hydrogens is 670 g/mol. The van der Waals surface area contributed by atoms with Crippen molar-refractivity contribution in [3.63, 3.8) is 0 Å². The van der Waals surface area contributed by atoms with Crippen molar-refractivity contribution < 1.29 is 13.9 Å². The van der Waals surface area contributed by atoms with Gasteiger partial charge in [-0.15, -0.1) is 0 Å². The Morgan fingerprint density at radius 1 is 0.827 bits per heavy atom. The molecule has 3 aromatic heterocycles. The number of aliphatic hydroxyl groups is 1. The van der Waals surface area contributed by atoms with Crippen LogP contribution < -0.4 is 21.0 Å². The average molecular weight is 711 g/mol. The monoisotopic (exact) mass is 710 g/mol. The molecule has 13 nitrogen and oxygen atoms in total. The molecule has 0 bridgehead atoms. The summed E-state index contributed by atoms with van der Waals surface area (Å²) in [5.41, 5.74) is 0.477. The molecule has 3 aromatic carbocycles. The fourth-order valence-electron chi connectivity index (χ4n) is 7.10. The molecule has 1 aliphatic rings. The van der Waals surface area contributed by atoms with Gasteiger partial charge in [-0.05, 0) is 68.3 Å². The number of rotatable bonds is 11. The molecule has 15 heteroatoms. The third-order valence-corrected chi connectivity index (χ3v) is 10.3. The highest BCUT2D eigenvalue weighted by Crippen LogP contribution is 2.36. The lowest BCUT2D eigenvalue weighted by Crippen LogP contribution is -2.46.